The van der Waals surface area contributed by atoms with Crippen molar-refractivity contribution >= 4 is 62.8 Å². The number of para-hydroxylation sites is 1. The lowest BCUT2D eigenvalue weighted by Crippen LogP contribution is -2.27. The largest absolute Gasteiger partial charge is 0.342 e. The zero-order chi connectivity index (χ0) is 19.7. The molecule has 6 heteroatoms. The number of thioether (sulfide) groups is 1. The van der Waals surface area contributed by atoms with Crippen LogP contribution < -0.4 is 0 Å². The molecular weight excluding hydrogens is 408 g/mol. The van der Waals surface area contributed by atoms with Crippen LogP contribution >= 0.6 is 35.6 Å². The van der Waals surface area contributed by atoms with E-state index in [1.54, 1.807) is 11.0 Å². The summed E-state index contributed by atoms with van der Waals surface area (Å²) in [7, 11) is 0. The lowest BCUT2D eigenvalue weighted by Gasteiger charge is -2.10. The maximum absolute atomic E-state index is 12.7. The molecule has 3 nitrogen and oxygen atoms in total. The highest BCUT2D eigenvalue weighted by atomic mass is 35.5. The molecular formula is C22H17ClN2OS2. The van der Waals surface area contributed by atoms with Crippen LogP contribution in [0.2, 0.25) is 5.02 Å². The highest BCUT2D eigenvalue weighted by molar-refractivity contribution is 8.26. The van der Waals surface area contributed by atoms with Crippen LogP contribution in [0, 0.1) is 0 Å². The van der Waals surface area contributed by atoms with Crippen LogP contribution in [0.1, 0.15) is 11.1 Å². The second kappa shape index (κ2) is 7.95. The number of nitrogens with zero attached hydrogens (tertiary/aromatic N) is 2. The van der Waals surface area contributed by atoms with E-state index in [2.05, 4.69) is 29.5 Å². The number of benzene rings is 2. The SMILES string of the molecule is C=CCN1C(=O)/C(=C/c2cn(Cc3ccc(Cl)cc3)c3ccccc23)SC1=S. The molecule has 0 atom stereocenters. The first-order valence-electron chi connectivity index (χ1n) is 8.75. The number of hydrogen-bond donors (Lipinski definition) is 0. The van der Waals surface area contributed by atoms with Crippen LogP contribution in [0.3, 0.4) is 0 Å². The Kier molecular flexibility index (Phi) is 5.40. The molecule has 1 saturated heterocycles. The Bertz CT molecular complexity index is 1120. The van der Waals surface area contributed by atoms with Gasteiger partial charge in [0.2, 0.25) is 0 Å². The maximum atomic E-state index is 12.7. The zero-order valence-electron chi connectivity index (χ0n) is 15.0. The van der Waals surface area contributed by atoms with E-state index in [4.69, 9.17) is 23.8 Å². The standard InChI is InChI=1S/C22H17ClN2OS2/c1-2-11-25-21(26)20(28-22(25)27)12-16-14-24(19-6-4-3-5-18(16)19)13-15-7-9-17(23)10-8-15/h2-10,12,14H,1,11,13H2/b20-12-. The van der Waals surface area contributed by atoms with Crippen molar-refractivity contribution in [1.29, 1.82) is 0 Å². The van der Waals surface area contributed by atoms with Crippen LogP contribution in [0.25, 0.3) is 17.0 Å². The minimum atomic E-state index is -0.0653. The van der Waals surface area contributed by atoms with E-state index >= 15 is 0 Å². The molecule has 1 aromatic heterocycles. The number of carbonyl (C=O) groups excluding carboxylic acids is 1. The second-order valence-corrected chi connectivity index (χ2v) is 8.55. The first kappa shape index (κ1) is 19.0. The predicted molar refractivity (Wildman–Crippen MR) is 123 cm³/mol. The molecule has 1 amide bonds. The van der Waals surface area contributed by atoms with Gasteiger partial charge in [0.15, 0.2) is 0 Å². The Labute approximate surface area is 178 Å². The molecule has 28 heavy (non-hydrogen) atoms. The number of fused-ring (bicyclic) bond motifs is 1. The minimum Gasteiger partial charge on any atom is -0.342 e. The van der Waals surface area contributed by atoms with E-state index in [0.29, 0.717) is 15.8 Å². The first-order valence-corrected chi connectivity index (χ1v) is 10.4. The van der Waals surface area contributed by atoms with E-state index < -0.39 is 0 Å². The van der Waals surface area contributed by atoms with Crippen LogP contribution in [0.5, 0.6) is 0 Å². The Morgan fingerprint density at radius 1 is 1.14 bits per heavy atom. The Hall–Kier alpha value is -2.34. The molecule has 1 aliphatic heterocycles. The summed E-state index contributed by atoms with van der Waals surface area (Å²) in [6.07, 6.45) is 5.70. The van der Waals surface area contributed by atoms with E-state index in [-0.39, 0.29) is 5.91 Å². The number of aromatic nitrogens is 1. The third-order valence-electron chi connectivity index (χ3n) is 4.56. The fourth-order valence-corrected chi connectivity index (χ4v) is 4.63. The highest BCUT2D eigenvalue weighted by Gasteiger charge is 2.31. The summed E-state index contributed by atoms with van der Waals surface area (Å²) in [6.45, 7) is 4.85. The van der Waals surface area contributed by atoms with Gasteiger partial charge in [0, 0.05) is 40.8 Å². The molecule has 4 rings (SSSR count). The maximum Gasteiger partial charge on any atom is 0.266 e. The van der Waals surface area contributed by atoms with Crippen LogP contribution in [0.15, 0.2) is 72.3 Å². The minimum absolute atomic E-state index is 0.0653. The van der Waals surface area contributed by atoms with Gasteiger partial charge in [-0.25, -0.2) is 0 Å². The molecule has 3 aromatic rings. The van der Waals surface area contributed by atoms with Crippen molar-refractivity contribution < 1.29 is 4.79 Å². The average molecular weight is 425 g/mol. The van der Waals surface area contributed by atoms with E-state index in [1.165, 1.54) is 11.8 Å². The monoisotopic (exact) mass is 424 g/mol. The number of rotatable bonds is 5. The fourth-order valence-electron chi connectivity index (χ4n) is 3.24. The summed E-state index contributed by atoms with van der Waals surface area (Å²) in [5, 5.41) is 1.83. The first-order chi connectivity index (χ1) is 13.6. The van der Waals surface area contributed by atoms with Crippen molar-refractivity contribution in [3.05, 3.63) is 88.4 Å². The predicted octanol–water partition coefficient (Wildman–Crippen LogP) is 5.73. The summed E-state index contributed by atoms with van der Waals surface area (Å²) in [6, 6.07) is 16.0. The molecule has 0 unspecified atom stereocenters. The van der Waals surface area contributed by atoms with Gasteiger partial charge in [0.25, 0.3) is 5.91 Å². The Morgan fingerprint density at radius 2 is 1.89 bits per heavy atom. The van der Waals surface area contributed by atoms with Crippen molar-refractivity contribution in [1.82, 2.24) is 9.47 Å². The molecule has 0 saturated carbocycles. The van der Waals surface area contributed by atoms with Crippen molar-refractivity contribution in [3.63, 3.8) is 0 Å². The molecule has 140 valence electrons. The number of carbonyl (C=O) groups is 1. The molecule has 2 heterocycles. The third-order valence-corrected chi connectivity index (χ3v) is 6.19. The van der Waals surface area contributed by atoms with E-state index in [0.717, 1.165) is 33.6 Å². The molecule has 0 N–H and O–H groups in total. The third kappa shape index (κ3) is 3.65. The molecule has 1 aliphatic rings. The highest BCUT2D eigenvalue weighted by Crippen LogP contribution is 2.34. The van der Waals surface area contributed by atoms with Crippen LogP contribution in [-0.2, 0) is 11.3 Å². The van der Waals surface area contributed by atoms with Gasteiger partial charge in [0.1, 0.15) is 4.32 Å². The molecule has 0 spiro atoms. The molecule has 1 fully saturated rings. The van der Waals surface area contributed by atoms with Crippen LogP contribution in [-0.4, -0.2) is 26.2 Å². The molecule has 2 aromatic carbocycles. The number of hydrogen-bond acceptors (Lipinski definition) is 3. The van der Waals surface area contributed by atoms with E-state index in [9.17, 15) is 4.79 Å². The topological polar surface area (TPSA) is 25.2 Å². The summed E-state index contributed by atoms with van der Waals surface area (Å²) >= 11 is 12.7. The fraction of sp³-hybridized carbons (Fsp3) is 0.0909. The normalized spacial score (nSPS) is 15.8. The van der Waals surface area contributed by atoms with Gasteiger partial charge in [0.05, 0.1) is 4.91 Å². The van der Waals surface area contributed by atoms with Crippen molar-refractivity contribution in [2.24, 2.45) is 0 Å². The van der Waals surface area contributed by atoms with Crippen molar-refractivity contribution in [2.75, 3.05) is 6.54 Å². The number of amides is 1. The van der Waals surface area contributed by atoms with Gasteiger partial charge in [-0.05, 0) is 29.8 Å². The molecule has 0 bridgehead atoms. The zero-order valence-corrected chi connectivity index (χ0v) is 17.4. The van der Waals surface area contributed by atoms with Gasteiger partial charge in [-0.1, -0.05) is 72.0 Å². The molecule has 0 aliphatic carbocycles. The van der Waals surface area contributed by atoms with Gasteiger partial charge < -0.3 is 4.57 Å². The average Bonchev–Trinajstić information content (AvgIpc) is 3.17. The quantitative estimate of drug-likeness (QED) is 0.297. The number of halogens is 1. The Balaban J connectivity index is 1.72. The Morgan fingerprint density at radius 3 is 2.64 bits per heavy atom. The number of thiocarbonyl (C=S) groups is 1. The second-order valence-electron chi connectivity index (χ2n) is 6.44. The summed E-state index contributed by atoms with van der Waals surface area (Å²) in [4.78, 5) is 14.9. The van der Waals surface area contributed by atoms with Gasteiger partial charge >= 0.3 is 0 Å². The molecule has 0 radical (unpaired) electrons. The van der Waals surface area contributed by atoms with Crippen molar-refractivity contribution in [2.45, 2.75) is 6.54 Å². The van der Waals surface area contributed by atoms with Crippen LogP contribution in [0.4, 0.5) is 0 Å². The van der Waals surface area contributed by atoms with E-state index in [1.807, 2.05) is 42.5 Å². The summed E-state index contributed by atoms with van der Waals surface area (Å²) in [5.41, 5.74) is 3.28. The lowest BCUT2D eigenvalue weighted by molar-refractivity contribution is -0.121. The van der Waals surface area contributed by atoms with Gasteiger partial charge in [-0.2, -0.15) is 0 Å². The summed E-state index contributed by atoms with van der Waals surface area (Å²) in [5.74, 6) is -0.0653. The van der Waals surface area contributed by atoms with Gasteiger partial charge in [-0.15, -0.1) is 6.58 Å². The van der Waals surface area contributed by atoms with Gasteiger partial charge in [-0.3, -0.25) is 9.69 Å². The van der Waals surface area contributed by atoms with Crippen molar-refractivity contribution in [3.8, 4) is 0 Å². The smallest absolute Gasteiger partial charge is 0.266 e. The lowest BCUT2D eigenvalue weighted by atomic mass is 10.1. The summed E-state index contributed by atoms with van der Waals surface area (Å²) < 4.78 is 2.76.